The molecule has 2 N–H and O–H groups in total. The number of halogens is 2. The van der Waals surface area contributed by atoms with E-state index in [1.807, 2.05) is 0 Å². The maximum atomic E-state index is 12.9. The van der Waals surface area contributed by atoms with Crippen molar-refractivity contribution in [2.75, 3.05) is 6.54 Å². The number of carbonyl (C=O) groups is 2. The van der Waals surface area contributed by atoms with E-state index < -0.39 is 17.5 Å². The molecule has 2 rings (SSSR count). The van der Waals surface area contributed by atoms with Gasteiger partial charge in [0.2, 0.25) is 5.91 Å². The lowest BCUT2D eigenvalue weighted by molar-refractivity contribution is -0.119. The first-order chi connectivity index (χ1) is 8.06. The largest absolute Gasteiger partial charge is 0.354 e. The van der Waals surface area contributed by atoms with Gasteiger partial charge in [0.1, 0.15) is 0 Å². The third-order valence-electron chi connectivity index (χ3n) is 2.49. The second-order valence-corrected chi connectivity index (χ2v) is 3.81. The SMILES string of the molecule is O=C1C[C@@H](NC(=O)c2ccc(F)c(F)c2)CN1. The van der Waals surface area contributed by atoms with Gasteiger partial charge < -0.3 is 10.6 Å². The smallest absolute Gasteiger partial charge is 0.251 e. The summed E-state index contributed by atoms with van der Waals surface area (Å²) in [5, 5.41) is 5.12. The molecule has 1 heterocycles. The molecule has 1 aromatic carbocycles. The average Bonchev–Trinajstić information content (AvgIpc) is 2.68. The number of carbonyl (C=O) groups excluding carboxylic acids is 2. The van der Waals surface area contributed by atoms with Gasteiger partial charge in [-0.15, -0.1) is 0 Å². The Morgan fingerprint density at radius 1 is 1.35 bits per heavy atom. The molecule has 0 spiro atoms. The minimum atomic E-state index is -1.07. The molecule has 0 aromatic heterocycles. The molecule has 6 heteroatoms. The molecule has 1 saturated heterocycles. The lowest BCUT2D eigenvalue weighted by atomic mass is 10.1. The van der Waals surface area contributed by atoms with Gasteiger partial charge >= 0.3 is 0 Å². The van der Waals surface area contributed by atoms with Gasteiger partial charge in [-0.3, -0.25) is 9.59 Å². The number of hydrogen-bond donors (Lipinski definition) is 2. The lowest BCUT2D eigenvalue weighted by Crippen LogP contribution is -2.36. The monoisotopic (exact) mass is 240 g/mol. The zero-order valence-electron chi connectivity index (χ0n) is 8.80. The molecule has 1 aliphatic heterocycles. The van der Waals surface area contributed by atoms with Crippen LogP contribution in [0.5, 0.6) is 0 Å². The molecule has 90 valence electrons. The summed E-state index contributed by atoms with van der Waals surface area (Å²) in [6.45, 7) is 0.355. The Morgan fingerprint density at radius 3 is 2.71 bits per heavy atom. The highest BCUT2D eigenvalue weighted by atomic mass is 19.2. The van der Waals surface area contributed by atoms with Gasteiger partial charge in [-0.1, -0.05) is 0 Å². The van der Waals surface area contributed by atoms with Crippen LogP contribution in [0.3, 0.4) is 0 Å². The quantitative estimate of drug-likeness (QED) is 0.794. The second-order valence-electron chi connectivity index (χ2n) is 3.81. The normalized spacial score (nSPS) is 18.9. The molecule has 1 atom stereocenters. The standard InChI is InChI=1S/C11H10F2N2O2/c12-8-2-1-6(3-9(8)13)11(17)15-7-4-10(16)14-5-7/h1-3,7H,4-5H2,(H,14,16)(H,15,17)/t7-/m1/s1. The highest BCUT2D eigenvalue weighted by Gasteiger charge is 2.23. The molecule has 1 fully saturated rings. The van der Waals surface area contributed by atoms with Gasteiger partial charge in [0.25, 0.3) is 5.91 Å². The Morgan fingerprint density at radius 2 is 2.12 bits per heavy atom. The van der Waals surface area contributed by atoms with E-state index in [2.05, 4.69) is 10.6 Å². The van der Waals surface area contributed by atoms with Crippen molar-refractivity contribution in [1.29, 1.82) is 0 Å². The van der Waals surface area contributed by atoms with Crippen molar-refractivity contribution in [3.05, 3.63) is 35.4 Å². The van der Waals surface area contributed by atoms with Gasteiger partial charge in [-0.05, 0) is 18.2 Å². The predicted molar refractivity (Wildman–Crippen MR) is 55.2 cm³/mol. The number of nitrogens with one attached hydrogen (secondary N) is 2. The number of benzene rings is 1. The molecule has 0 radical (unpaired) electrons. The first kappa shape index (κ1) is 11.5. The molecular weight excluding hydrogens is 230 g/mol. The van der Waals surface area contributed by atoms with Crippen molar-refractivity contribution in [1.82, 2.24) is 10.6 Å². The molecule has 1 aliphatic rings. The summed E-state index contributed by atoms with van der Waals surface area (Å²) in [4.78, 5) is 22.5. The topological polar surface area (TPSA) is 58.2 Å². The van der Waals surface area contributed by atoms with E-state index in [9.17, 15) is 18.4 Å². The van der Waals surface area contributed by atoms with E-state index in [4.69, 9.17) is 0 Å². The van der Waals surface area contributed by atoms with E-state index >= 15 is 0 Å². The Hall–Kier alpha value is -1.98. The average molecular weight is 240 g/mol. The summed E-state index contributed by atoms with van der Waals surface area (Å²) in [6, 6.07) is 2.61. The summed E-state index contributed by atoms with van der Waals surface area (Å²) in [6.07, 6.45) is 0.204. The van der Waals surface area contributed by atoms with E-state index in [1.165, 1.54) is 6.07 Å². The first-order valence-corrected chi connectivity index (χ1v) is 5.09. The molecule has 0 bridgehead atoms. The van der Waals surface area contributed by atoms with Crippen LogP contribution in [-0.2, 0) is 4.79 Å². The van der Waals surface area contributed by atoms with Crippen molar-refractivity contribution in [2.45, 2.75) is 12.5 Å². The van der Waals surface area contributed by atoms with Crippen LogP contribution >= 0.6 is 0 Å². The maximum absolute atomic E-state index is 12.9. The van der Waals surface area contributed by atoms with E-state index in [-0.39, 0.29) is 23.9 Å². The van der Waals surface area contributed by atoms with Crippen molar-refractivity contribution in [3.8, 4) is 0 Å². The first-order valence-electron chi connectivity index (χ1n) is 5.09. The van der Waals surface area contributed by atoms with Crippen molar-refractivity contribution in [3.63, 3.8) is 0 Å². The number of rotatable bonds is 2. The fourth-order valence-corrected chi connectivity index (χ4v) is 1.61. The Kier molecular flexibility index (Phi) is 3.03. The summed E-state index contributed by atoms with van der Waals surface area (Å²) in [5.41, 5.74) is 0.0308. The fourth-order valence-electron chi connectivity index (χ4n) is 1.61. The zero-order chi connectivity index (χ0) is 12.4. The fraction of sp³-hybridized carbons (Fsp3) is 0.273. The molecule has 0 saturated carbocycles. The maximum Gasteiger partial charge on any atom is 0.251 e. The molecule has 0 aliphatic carbocycles. The Bertz CT molecular complexity index is 477. The van der Waals surface area contributed by atoms with Crippen LogP contribution in [-0.4, -0.2) is 24.4 Å². The van der Waals surface area contributed by atoms with Gasteiger partial charge in [-0.2, -0.15) is 0 Å². The minimum absolute atomic E-state index is 0.0308. The molecule has 4 nitrogen and oxygen atoms in total. The molecule has 0 unspecified atom stereocenters. The third kappa shape index (κ3) is 2.58. The molecule has 17 heavy (non-hydrogen) atoms. The van der Waals surface area contributed by atoms with Crippen molar-refractivity contribution < 1.29 is 18.4 Å². The number of hydrogen-bond acceptors (Lipinski definition) is 2. The minimum Gasteiger partial charge on any atom is -0.354 e. The van der Waals surface area contributed by atoms with Gasteiger partial charge in [0.05, 0.1) is 6.04 Å². The van der Waals surface area contributed by atoms with Crippen LogP contribution in [0.25, 0.3) is 0 Å². The molecule has 2 amide bonds. The summed E-state index contributed by atoms with van der Waals surface area (Å²) in [5.74, 6) is -2.73. The summed E-state index contributed by atoms with van der Waals surface area (Å²) in [7, 11) is 0. The molecule has 1 aromatic rings. The Balaban J connectivity index is 2.04. The van der Waals surface area contributed by atoms with Crippen LogP contribution in [0, 0.1) is 11.6 Å². The Labute approximate surface area is 96.0 Å². The van der Waals surface area contributed by atoms with Crippen LogP contribution in [0.2, 0.25) is 0 Å². The lowest BCUT2D eigenvalue weighted by Gasteiger charge is -2.10. The van der Waals surface area contributed by atoms with Crippen LogP contribution in [0.15, 0.2) is 18.2 Å². The van der Waals surface area contributed by atoms with Gasteiger partial charge in [-0.25, -0.2) is 8.78 Å². The van der Waals surface area contributed by atoms with E-state index in [0.717, 1.165) is 12.1 Å². The van der Waals surface area contributed by atoms with Crippen molar-refractivity contribution in [2.24, 2.45) is 0 Å². The number of amides is 2. The van der Waals surface area contributed by atoms with E-state index in [0.29, 0.717) is 6.54 Å². The highest BCUT2D eigenvalue weighted by Crippen LogP contribution is 2.09. The van der Waals surface area contributed by atoms with Crippen LogP contribution in [0.1, 0.15) is 16.8 Å². The van der Waals surface area contributed by atoms with Crippen LogP contribution in [0.4, 0.5) is 8.78 Å². The van der Waals surface area contributed by atoms with Crippen LogP contribution < -0.4 is 10.6 Å². The molecular formula is C11H10F2N2O2. The third-order valence-corrected chi connectivity index (χ3v) is 2.49. The second kappa shape index (κ2) is 4.48. The van der Waals surface area contributed by atoms with Gasteiger partial charge in [0.15, 0.2) is 11.6 Å². The summed E-state index contributed by atoms with van der Waals surface area (Å²) < 4.78 is 25.6. The van der Waals surface area contributed by atoms with Gasteiger partial charge in [0, 0.05) is 18.5 Å². The van der Waals surface area contributed by atoms with E-state index in [1.54, 1.807) is 0 Å². The van der Waals surface area contributed by atoms with Crippen molar-refractivity contribution >= 4 is 11.8 Å². The predicted octanol–water partition coefficient (Wildman–Crippen LogP) is 0.583. The zero-order valence-corrected chi connectivity index (χ0v) is 8.80. The highest BCUT2D eigenvalue weighted by molar-refractivity contribution is 5.95. The summed E-state index contributed by atoms with van der Waals surface area (Å²) >= 11 is 0.